The van der Waals surface area contributed by atoms with E-state index in [1.54, 1.807) is 0 Å². The molecule has 1 aromatic rings. The van der Waals surface area contributed by atoms with Crippen LogP contribution in [-0.4, -0.2) is 60.4 Å². The number of guanidine groups is 1. The molecule has 1 aromatic heterocycles. The molecular formula is C18H36N6. The van der Waals surface area contributed by atoms with Gasteiger partial charge in [0.15, 0.2) is 5.96 Å². The Balaban J connectivity index is 2.30. The summed E-state index contributed by atoms with van der Waals surface area (Å²) < 4.78 is 2.06. The summed E-state index contributed by atoms with van der Waals surface area (Å²) in [6.07, 6.45) is 3.50. The summed E-state index contributed by atoms with van der Waals surface area (Å²) in [5.74, 6) is 0.912. The topological polar surface area (TPSA) is 57.5 Å². The van der Waals surface area contributed by atoms with Crippen LogP contribution in [0.4, 0.5) is 0 Å². The molecule has 6 nitrogen and oxygen atoms in total. The largest absolute Gasteiger partial charge is 0.357 e. The Morgan fingerprint density at radius 3 is 2.62 bits per heavy atom. The van der Waals surface area contributed by atoms with E-state index in [-0.39, 0.29) is 0 Å². The minimum absolute atomic E-state index is 0.805. The maximum Gasteiger partial charge on any atom is 0.191 e. The quantitative estimate of drug-likeness (QED) is 0.369. The molecule has 0 spiro atoms. The maximum absolute atomic E-state index is 4.66. The van der Waals surface area contributed by atoms with E-state index < -0.39 is 0 Å². The number of aromatic nitrogens is 2. The van der Waals surface area contributed by atoms with Crippen LogP contribution in [0.25, 0.3) is 0 Å². The highest BCUT2D eigenvalue weighted by atomic mass is 15.3. The molecule has 6 heteroatoms. The predicted octanol–water partition coefficient (Wildman–Crippen LogP) is 2.18. The first kappa shape index (κ1) is 20.5. The first-order valence-electron chi connectivity index (χ1n) is 9.28. The monoisotopic (exact) mass is 336 g/mol. The summed E-state index contributed by atoms with van der Waals surface area (Å²) in [5.41, 5.74) is 2.30. The van der Waals surface area contributed by atoms with Crippen molar-refractivity contribution in [3.63, 3.8) is 0 Å². The number of hydrogen-bond acceptors (Lipinski definition) is 3. The third kappa shape index (κ3) is 8.34. The van der Waals surface area contributed by atoms with Crippen LogP contribution >= 0.6 is 0 Å². The second kappa shape index (κ2) is 11.9. The van der Waals surface area contributed by atoms with Crippen molar-refractivity contribution in [2.75, 3.05) is 39.8 Å². The van der Waals surface area contributed by atoms with Gasteiger partial charge in [-0.15, -0.1) is 0 Å². The van der Waals surface area contributed by atoms with Gasteiger partial charge in [0.2, 0.25) is 0 Å². The number of aryl methyl sites for hydroxylation is 3. The molecule has 0 aromatic carbocycles. The van der Waals surface area contributed by atoms with E-state index in [9.17, 15) is 0 Å². The van der Waals surface area contributed by atoms with Gasteiger partial charge >= 0.3 is 0 Å². The number of unbranched alkanes of at least 4 members (excludes halogenated alkanes) is 1. The Bertz CT molecular complexity index is 480. The van der Waals surface area contributed by atoms with Crippen LogP contribution in [0.5, 0.6) is 0 Å². The first-order valence-corrected chi connectivity index (χ1v) is 9.28. The normalized spacial score (nSPS) is 12.0. The van der Waals surface area contributed by atoms with Crippen molar-refractivity contribution in [1.29, 1.82) is 0 Å². The molecule has 1 heterocycles. The highest BCUT2D eigenvalue weighted by molar-refractivity contribution is 5.79. The van der Waals surface area contributed by atoms with Gasteiger partial charge in [-0.05, 0) is 53.3 Å². The van der Waals surface area contributed by atoms with E-state index in [1.165, 1.54) is 18.5 Å². The van der Waals surface area contributed by atoms with Gasteiger partial charge in [0.1, 0.15) is 0 Å². The fourth-order valence-corrected chi connectivity index (χ4v) is 2.56. The Morgan fingerprint density at radius 2 is 2.00 bits per heavy atom. The summed E-state index contributed by atoms with van der Waals surface area (Å²) in [4.78, 5) is 7.02. The molecule has 0 saturated carbocycles. The van der Waals surface area contributed by atoms with Crippen LogP contribution < -0.4 is 10.6 Å². The van der Waals surface area contributed by atoms with Crippen molar-refractivity contribution >= 4 is 5.96 Å². The molecule has 2 N–H and O–H groups in total. The summed E-state index contributed by atoms with van der Waals surface area (Å²) in [5, 5.41) is 11.2. The fourth-order valence-electron chi connectivity index (χ4n) is 2.56. The van der Waals surface area contributed by atoms with Gasteiger partial charge < -0.3 is 15.5 Å². The van der Waals surface area contributed by atoms with E-state index in [4.69, 9.17) is 0 Å². The number of nitrogens with one attached hydrogen (secondary N) is 2. The van der Waals surface area contributed by atoms with Gasteiger partial charge in [-0.25, -0.2) is 0 Å². The number of rotatable bonds is 11. The number of likely N-dealkylation sites (N-methyl/N-ethyl adjacent to an activating group) is 1. The molecule has 0 bridgehead atoms. The van der Waals surface area contributed by atoms with Crippen LogP contribution in [0.3, 0.4) is 0 Å². The lowest BCUT2D eigenvalue weighted by molar-refractivity contribution is 0.332. The zero-order chi connectivity index (χ0) is 17.8. The molecular weight excluding hydrogens is 300 g/mol. The molecule has 0 unspecified atom stereocenters. The van der Waals surface area contributed by atoms with Gasteiger partial charge in [0, 0.05) is 38.4 Å². The summed E-state index contributed by atoms with van der Waals surface area (Å²) in [6, 6.07) is 2.12. The fraction of sp³-hybridized carbons (Fsp3) is 0.778. The standard InChI is InChI=1S/C18H36N6/c1-6-8-12-23(5)14-11-21-18(19-7-2)20-10-9-13-24-17(4)15-16(3)22-24/h15H,6-14H2,1-5H3,(H2,19,20,21). The SMILES string of the molecule is CCCCN(C)CCNC(=NCCCn1nc(C)cc1C)NCC. The van der Waals surface area contributed by atoms with Crippen molar-refractivity contribution < 1.29 is 0 Å². The van der Waals surface area contributed by atoms with E-state index in [0.717, 1.165) is 57.3 Å². The van der Waals surface area contributed by atoms with Gasteiger partial charge in [0.05, 0.1) is 5.69 Å². The zero-order valence-corrected chi connectivity index (χ0v) is 16.2. The second-order valence-corrected chi connectivity index (χ2v) is 6.35. The lowest BCUT2D eigenvalue weighted by Gasteiger charge is -2.17. The van der Waals surface area contributed by atoms with Crippen molar-refractivity contribution in [3.8, 4) is 0 Å². The van der Waals surface area contributed by atoms with Gasteiger partial charge in [-0.3, -0.25) is 9.67 Å². The average Bonchev–Trinajstić information content (AvgIpc) is 2.87. The van der Waals surface area contributed by atoms with Gasteiger partial charge in [-0.2, -0.15) is 5.10 Å². The molecule has 0 fully saturated rings. The van der Waals surface area contributed by atoms with Gasteiger partial charge in [-0.1, -0.05) is 13.3 Å². The summed E-state index contributed by atoms with van der Waals surface area (Å²) in [7, 11) is 2.18. The Hall–Kier alpha value is -1.56. The summed E-state index contributed by atoms with van der Waals surface area (Å²) >= 11 is 0. The van der Waals surface area contributed by atoms with Crippen molar-refractivity contribution in [1.82, 2.24) is 25.3 Å². The van der Waals surface area contributed by atoms with E-state index in [1.807, 2.05) is 6.92 Å². The molecule has 0 aliphatic rings. The van der Waals surface area contributed by atoms with Crippen LogP contribution in [0, 0.1) is 13.8 Å². The zero-order valence-electron chi connectivity index (χ0n) is 16.2. The Morgan fingerprint density at radius 1 is 1.21 bits per heavy atom. The third-order valence-electron chi connectivity index (χ3n) is 3.92. The molecule has 1 rings (SSSR count). The Kier molecular flexibility index (Phi) is 10.2. The predicted molar refractivity (Wildman–Crippen MR) is 103 cm³/mol. The van der Waals surface area contributed by atoms with Gasteiger partial charge in [0.25, 0.3) is 0 Å². The lowest BCUT2D eigenvalue weighted by atomic mass is 10.3. The van der Waals surface area contributed by atoms with Crippen molar-refractivity contribution in [3.05, 3.63) is 17.5 Å². The highest BCUT2D eigenvalue weighted by Gasteiger charge is 2.02. The second-order valence-electron chi connectivity index (χ2n) is 6.35. The van der Waals surface area contributed by atoms with E-state index >= 15 is 0 Å². The molecule has 0 aliphatic carbocycles. The van der Waals surface area contributed by atoms with Crippen LogP contribution in [0.15, 0.2) is 11.1 Å². The average molecular weight is 337 g/mol. The molecule has 0 aliphatic heterocycles. The molecule has 138 valence electrons. The maximum atomic E-state index is 4.66. The van der Waals surface area contributed by atoms with E-state index in [2.05, 4.69) is 64.2 Å². The molecule has 0 amide bonds. The minimum atomic E-state index is 0.805. The summed E-state index contributed by atoms with van der Waals surface area (Å²) in [6.45, 7) is 14.2. The Labute approximate surface area is 147 Å². The van der Waals surface area contributed by atoms with Crippen LogP contribution in [0.2, 0.25) is 0 Å². The first-order chi connectivity index (χ1) is 11.6. The van der Waals surface area contributed by atoms with Crippen molar-refractivity contribution in [2.45, 2.75) is 53.5 Å². The highest BCUT2D eigenvalue weighted by Crippen LogP contribution is 2.02. The lowest BCUT2D eigenvalue weighted by Crippen LogP contribution is -2.41. The van der Waals surface area contributed by atoms with Crippen LogP contribution in [-0.2, 0) is 6.54 Å². The van der Waals surface area contributed by atoms with Crippen LogP contribution in [0.1, 0.15) is 44.5 Å². The number of aliphatic imine (C=N–C) groups is 1. The van der Waals surface area contributed by atoms with E-state index in [0.29, 0.717) is 0 Å². The minimum Gasteiger partial charge on any atom is -0.357 e. The smallest absolute Gasteiger partial charge is 0.191 e. The number of nitrogens with zero attached hydrogens (tertiary/aromatic N) is 4. The third-order valence-corrected chi connectivity index (χ3v) is 3.92. The molecule has 0 atom stereocenters. The number of hydrogen-bond donors (Lipinski definition) is 2. The van der Waals surface area contributed by atoms with Crippen molar-refractivity contribution in [2.24, 2.45) is 4.99 Å². The molecule has 24 heavy (non-hydrogen) atoms. The molecule has 0 saturated heterocycles. The molecule has 0 radical (unpaired) electrons.